The molecule has 6 nitrogen and oxygen atoms in total. The molecular weight excluding hydrogens is 296 g/mol. The summed E-state index contributed by atoms with van der Waals surface area (Å²) < 4.78 is 34.7. The fourth-order valence-electron chi connectivity index (χ4n) is 2.01. The lowest BCUT2D eigenvalue weighted by molar-refractivity contribution is -0.115. The van der Waals surface area contributed by atoms with Crippen LogP contribution in [0.15, 0.2) is 45.6 Å². The highest BCUT2D eigenvalue weighted by molar-refractivity contribution is 8.00. The van der Waals surface area contributed by atoms with Crippen molar-refractivity contribution in [3.63, 3.8) is 0 Å². The Bertz CT molecular complexity index is 663. The Morgan fingerprint density at radius 3 is 1.48 bits per heavy atom. The van der Waals surface area contributed by atoms with Crippen LogP contribution in [0.2, 0.25) is 0 Å². The van der Waals surface area contributed by atoms with Crippen molar-refractivity contribution in [2.24, 2.45) is 0 Å². The van der Waals surface area contributed by atoms with Gasteiger partial charge in [-0.2, -0.15) is 0 Å². The molecule has 2 aliphatic rings. The monoisotopic (exact) mass is 310 g/mol. The molecule has 0 radical (unpaired) electrons. The first-order chi connectivity index (χ1) is 9.90. The molecule has 0 unspecified atom stereocenters. The van der Waals surface area contributed by atoms with Crippen LogP contribution >= 0.6 is 0 Å². The van der Waals surface area contributed by atoms with Crippen molar-refractivity contribution in [1.29, 1.82) is 0 Å². The van der Waals surface area contributed by atoms with E-state index < -0.39 is 31.2 Å². The molecule has 0 heterocycles. The first kappa shape index (κ1) is 15.2. The maximum Gasteiger partial charge on any atom is 0.213 e. The summed E-state index contributed by atoms with van der Waals surface area (Å²) in [6, 6.07) is 0. The summed E-state index contributed by atoms with van der Waals surface area (Å²) in [5.74, 6) is -0.428. The number of methoxy groups -OCH3 is 2. The van der Waals surface area contributed by atoms with Gasteiger partial charge in [-0.15, -0.1) is 0 Å². The zero-order chi connectivity index (χ0) is 15.6. The van der Waals surface area contributed by atoms with E-state index in [0.29, 0.717) is 11.5 Å². The van der Waals surface area contributed by atoms with Crippen LogP contribution < -0.4 is 0 Å². The Morgan fingerprint density at radius 1 is 0.810 bits per heavy atom. The molecule has 0 spiro atoms. The van der Waals surface area contributed by atoms with Crippen LogP contribution in [0.3, 0.4) is 0 Å². The van der Waals surface area contributed by atoms with Gasteiger partial charge in [-0.25, -0.2) is 8.42 Å². The molecule has 0 aromatic heterocycles. The molecule has 0 aliphatic heterocycles. The third kappa shape index (κ3) is 2.82. The fraction of sp³-hybridized carbons (Fsp3) is 0.286. The Labute approximate surface area is 122 Å². The van der Waals surface area contributed by atoms with Gasteiger partial charge in [0.15, 0.2) is 11.6 Å². The van der Waals surface area contributed by atoms with Crippen LogP contribution in [0.25, 0.3) is 0 Å². The Balaban J connectivity index is 2.44. The Morgan fingerprint density at radius 2 is 1.19 bits per heavy atom. The minimum Gasteiger partial charge on any atom is -0.501 e. The zero-order valence-electron chi connectivity index (χ0n) is 11.6. The van der Waals surface area contributed by atoms with Crippen molar-refractivity contribution in [3.05, 3.63) is 45.6 Å². The van der Waals surface area contributed by atoms with Gasteiger partial charge in [0.1, 0.15) is 21.3 Å². The van der Waals surface area contributed by atoms with Gasteiger partial charge in [0, 0.05) is 0 Å². The maximum absolute atomic E-state index is 12.4. The lowest BCUT2D eigenvalue weighted by Gasteiger charge is -2.16. The van der Waals surface area contributed by atoms with Gasteiger partial charge in [0.2, 0.25) is 9.84 Å². The Hall–Kier alpha value is -2.15. The average Bonchev–Trinajstić information content (AvgIpc) is 2.46. The van der Waals surface area contributed by atoms with Crippen molar-refractivity contribution in [3.8, 4) is 0 Å². The highest BCUT2D eigenvalue weighted by Gasteiger charge is 2.35. The molecule has 0 saturated carbocycles. The number of sulfone groups is 1. The van der Waals surface area contributed by atoms with Crippen molar-refractivity contribution in [2.45, 2.75) is 12.8 Å². The number of ether oxygens (including phenoxy) is 2. The van der Waals surface area contributed by atoms with E-state index >= 15 is 0 Å². The smallest absolute Gasteiger partial charge is 0.213 e. The summed E-state index contributed by atoms with van der Waals surface area (Å²) in [5.41, 5.74) is 0. The van der Waals surface area contributed by atoms with Crippen LogP contribution in [-0.2, 0) is 28.9 Å². The summed E-state index contributed by atoms with van der Waals surface area (Å²) >= 11 is 0. The van der Waals surface area contributed by atoms with Crippen LogP contribution in [0.4, 0.5) is 0 Å². The fourth-order valence-corrected chi connectivity index (χ4v) is 3.48. The van der Waals surface area contributed by atoms with Crippen molar-refractivity contribution in [1.82, 2.24) is 0 Å². The standard InChI is InChI=1S/C14H14O6S/c1-19-9-3-5-13(11(15)7-9)21(17,18)14-6-4-10(20-2)8-12(14)16/h3-6H,7-8H2,1-2H3. The number of allylic oxidation sites excluding steroid dienone is 8. The van der Waals surface area contributed by atoms with Crippen molar-refractivity contribution >= 4 is 21.4 Å². The summed E-state index contributed by atoms with van der Waals surface area (Å²) in [5, 5.41) is 0. The number of hydrogen-bond donors (Lipinski definition) is 0. The molecule has 0 aromatic rings. The molecule has 0 N–H and O–H groups in total. The predicted molar refractivity (Wildman–Crippen MR) is 74.5 cm³/mol. The van der Waals surface area contributed by atoms with Gasteiger partial charge in [-0.3, -0.25) is 9.59 Å². The van der Waals surface area contributed by atoms with Crippen LogP contribution in [0.1, 0.15) is 12.8 Å². The maximum atomic E-state index is 12.4. The van der Waals surface area contributed by atoms with E-state index in [1.54, 1.807) is 0 Å². The summed E-state index contributed by atoms with van der Waals surface area (Å²) in [7, 11) is -1.32. The van der Waals surface area contributed by atoms with Gasteiger partial charge >= 0.3 is 0 Å². The third-order valence-corrected chi connectivity index (χ3v) is 5.05. The first-order valence-electron chi connectivity index (χ1n) is 6.11. The summed E-state index contributed by atoms with van der Waals surface area (Å²) in [6.07, 6.45) is 4.90. The summed E-state index contributed by atoms with van der Waals surface area (Å²) in [6.45, 7) is 0. The van der Waals surface area contributed by atoms with E-state index in [9.17, 15) is 18.0 Å². The lowest BCUT2D eigenvalue weighted by Crippen LogP contribution is -2.23. The topological polar surface area (TPSA) is 86.7 Å². The van der Waals surface area contributed by atoms with Crippen molar-refractivity contribution < 1.29 is 27.5 Å². The Kier molecular flexibility index (Phi) is 4.13. The summed E-state index contributed by atoms with van der Waals surface area (Å²) in [4.78, 5) is 23.1. The van der Waals surface area contributed by atoms with E-state index in [4.69, 9.17) is 9.47 Å². The average molecular weight is 310 g/mol. The highest BCUT2D eigenvalue weighted by Crippen LogP contribution is 2.28. The van der Waals surface area contributed by atoms with Crippen molar-refractivity contribution in [2.75, 3.05) is 14.2 Å². The lowest BCUT2D eigenvalue weighted by atomic mass is 10.1. The van der Waals surface area contributed by atoms with Gasteiger partial charge < -0.3 is 9.47 Å². The minimum absolute atomic E-state index is 0.137. The highest BCUT2D eigenvalue weighted by atomic mass is 32.2. The molecule has 112 valence electrons. The molecule has 2 rings (SSSR count). The number of ketones is 2. The SMILES string of the molecule is COC1=CC=C(S(=O)(=O)C2=CC=C(OC)CC2=O)C(=O)C1. The van der Waals surface area contributed by atoms with E-state index in [-0.39, 0.29) is 12.8 Å². The normalized spacial score (nSPS) is 19.3. The van der Waals surface area contributed by atoms with E-state index in [1.807, 2.05) is 0 Å². The van der Waals surface area contributed by atoms with Gasteiger partial charge in [0.25, 0.3) is 0 Å². The first-order valence-corrected chi connectivity index (χ1v) is 7.59. The molecule has 7 heteroatoms. The molecule has 0 fully saturated rings. The van der Waals surface area contributed by atoms with Crippen LogP contribution in [-0.4, -0.2) is 34.2 Å². The minimum atomic E-state index is -4.12. The largest absolute Gasteiger partial charge is 0.501 e. The molecule has 0 aromatic carbocycles. The van der Waals surface area contributed by atoms with Crippen LogP contribution in [0, 0.1) is 0 Å². The molecular formula is C14H14O6S. The quantitative estimate of drug-likeness (QED) is 0.775. The molecule has 0 atom stereocenters. The molecule has 0 amide bonds. The number of hydrogen-bond acceptors (Lipinski definition) is 6. The molecule has 0 bridgehead atoms. The predicted octanol–water partition coefficient (Wildman–Crippen LogP) is 1.18. The number of rotatable bonds is 4. The second-order valence-corrected chi connectivity index (χ2v) is 6.33. The number of Topliss-reactive ketones (excluding diaryl/α,β-unsaturated/α-hetero) is 2. The number of carbonyl (C=O) groups is 2. The third-order valence-electron chi connectivity index (χ3n) is 3.16. The zero-order valence-corrected chi connectivity index (χ0v) is 12.4. The number of carbonyl (C=O) groups excluding carboxylic acids is 2. The van der Waals surface area contributed by atoms with E-state index in [1.165, 1.54) is 38.5 Å². The molecule has 2 aliphatic carbocycles. The van der Waals surface area contributed by atoms with Gasteiger partial charge in [-0.1, -0.05) is 0 Å². The van der Waals surface area contributed by atoms with E-state index in [0.717, 1.165) is 0 Å². The second kappa shape index (κ2) is 5.69. The van der Waals surface area contributed by atoms with Gasteiger partial charge in [-0.05, 0) is 24.3 Å². The molecule has 21 heavy (non-hydrogen) atoms. The second-order valence-electron chi connectivity index (χ2n) is 4.44. The van der Waals surface area contributed by atoms with Crippen LogP contribution in [0.5, 0.6) is 0 Å². The van der Waals surface area contributed by atoms with E-state index in [2.05, 4.69) is 0 Å². The van der Waals surface area contributed by atoms with Gasteiger partial charge in [0.05, 0.1) is 27.1 Å². The molecule has 0 saturated heterocycles.